The highest BCUT2D eigenvalue weighted by molar-refractivity contribution is 5.79. The summed E-state index contributed by atoms with van der Waals surface area (Å²) in [6, 6.07) is 8.34. The SMILES string of the molecule is Cc1ccc([C@H]2CN[C@@](C)(C(=O)O)C2)cc1. The highest BCUT2D eigenvalue weighted by atomic mass is 16.4. The fourth-order valence-corrected chi connectivity index (χ4v) is 2.22. The van der Waals surface area contributed by atoms with Crippen LogP contribution in [-0.2, 0) is 4.79 Å². The van der Waals surface area contributed by atoms with Crippen LogP contribution in [0.4, 0.5) is 0 Å². The number of aliphatic carboxylic acids is 1. The summed E-state index contributed by atoms with van der Waals surface area (Å²) in [6.45, 7) is 4.55. The highest BCUT2D eigenvalue weighted by Crippen LogP contribution is 2.32. The van der Waals surface area contributed by atoms with Gasteiger partial charge in [-0.05, 0) is 31.7 Å². The molecule has 1 aliphatic rings. The summed E-state index contributed by atoms with van der Waals surface area (Å²) in [5, 5.41) is 12.2. The number of benzene rings is 1. The third-order valence-corrected chi connectivity index (χ3v) is 3.41. The van der Waals surface area contributed by atoms with Crippen LogP contribution in [0.25, 0.3) is 0 Å². The van der Waals surface area contributed by atoms with E-state index in [0.717, 1.165) is 6.54 Å². The van der Waals surface area contributed by atoms with E-state index < -0.39 is 11.5 Å². The van der Waals surface area contributed by atoms with Gasteiger partial charge in [0.2, 0.25) is 0 Å². The van der Waals surface area contributed by atoms with Crippen LogP contribution < -0.4 is 5.32 Å². The molecule has 0 radical (unpaired) electrons. The van der Waals surface area contributed by atoms with Crippen LogP contribution >= 0.6 is 0 Å². The summed E-state index contributed by atoms with van der Waals surface area (Å²) in [4.78, 5) is 11.1. The van der Waals surface area contributed by atoms with E-state index in [9.17, 15) is 4.79 Å². The topological polar surface area (TPSA) is 49.3 Å². The second-order valence-electron chi connectivity index (χ2n) is 4.83. The van der Waals surface area contributed by atoms with Gasteiger partial charge in [-0.1, -0.05) is 29.8 Å². The van der Waals surface area contributed by atoms with Gasteiger partial charge < -0.3 is 10.4 Å². The van der Waals surface area contributed by atoms with Gasteiger partial charge in [0.1, 0.15) is 5.54 Å². The Morgan fingerprint density at radius 2 is 2.06 bits per heavy atom. The molecule has 0 amide bonds. The zero-order chi connectivity index (χ0) is 11.8. The number of rotatable bonds is 2. The number of hydrogen-bond acceptors (Lipinski definition) is 2. The van der Waals surface area contributed by atoms with Crippen LogP contribution in [0.2, 0.25) is 0 Å². The largest absolute Gasteiger partial charge is 0.480 e. The Bertz CT molecular complexity index is 399. The number of carboxylic acids is 1. The number of aryl methyl sites for hydroxylation is 1. The Morgan fingerprint density at radius 1 is 1.44 bits per heavy atom. The number of carboxylic acid groups (broad SMARTS) is 1. The minimum Gasteiger partial charge on any atom is -0.480 e. The van der Waals surface area contributed by atoms with Crippen LogP contribution in [-0.4, -0.2) is 23.2 Å². The summed E-state index contributed by atoms with van der Waals surface area (Å²) >= 11 is 0. The minimum absolute atomic E-state index is 0.307. The second-order valence-corrected chi connectivity index (χ2v) is 4.83. The van der Waals surface area contributed by atoms with Crippen molar-refractivity contribution in [2.45, 2.75) is 31.7 Å². The molecule has 86 valence electrons. The van der Waals surface area contributed by atoms with Crippen molar-refractivity contribution >= 4 is 5.97 Å². The van der Waals surface area contributed by atoms with Crippen molar-refractivity contribution in [1.29, 1.82) is 0 Å². The van der Waals surface area contributed by atoms with Crippen molar-refractivity contribution < 1.29 is 9.90 Å². The lowest BCUT2D eigenvalue weighted by molar-refractivity contribution is -0.143. The fourth-order valence-electron chi connectivity index (χ4n) is 2.22. The maximum absolute atomic E-state index is 11.1. The zero-order valence-electron chi connectivity index (χ0n) is 9.66. The molecule has 2 rings (SSSR count). The lowest BCUT2D eigenvalue weighted by Crippen LogP contribution is -2.44. The van der Waals surface area contributed by atoms with Gasteiger partial charge >= 0.3 is 5.97 Å². The van der Waals surface area contributed by atoms with E-state index in [1.807, 2.05) is 0 Å². The van der Waals surface area contributed by atoms with E-state index in [2.05, 4.69) is 36.5 Å². The van der Waals surface area contributed by atoms with Crippen molar-refractivity contribution in [2.75, 3.05) is 6.54 Å². The Labute approximate surface area is 95.5 Å². The Morgan fingerprint density at radius 3 is 2.56 bits per heavy atom. The van der Waals surface area contributed by atoms with E-state index in [4.69, 9.17) is 5.11 Å². The van der Waals surface area contributed by atoms with Crippen LogP contribution in [0.3, 0.4) is 0 Å². The number of carbonyl (C=O) groups is 1. The van der Waals surface area contributed by atoms with E-state index in [-0.39, 0.29) is 0 Å². The van der Waals surface area contributed by atoms with Crippen LogP contribution in [0, 0.1) is 6.92 Å². The molecule has 0 unspecified atom stereocenters. The molecule has 2 atom stereocenters. The van der Waals surface area contributed by atoms with Gasteiger partial charge in [-0.2, -0.15) is 0 Å². The first-order valence-electron chi connectivity index (χ1n) is 5.56. The number of hydrogen-bond donors (Lipinski definition) is 2. The summed E-state index contributed by atoms with van der Waals surface area (Å²) < 4.78 is 0. The van der Waals surface area contributed by atoms with Gasteiger partial charge in [-0.25, -0.2) is 0 Å². The van der Waals surface area contributed by atoms with Gasteiger partial charge in [0.25, 0.3) is 0 Å². The normalized spacial score (nSPS) is 29.2. The average Bonchev–Trinajstić information content (AvgIpc) is 2.63. The molecule has 16 heavy (non-hydrogen) atoms. The van der Waals surface area contributed by atoms with Crippen molar-refractivity contribution in [3.63, 3.8) is 0 Å². The number of nitrogens with one attached hydrogen (secondary N) is 1. The monoisotopic (exact) mass is 219 g/mol. The van der Waals surface area contributed by atoms with Gasteiger partial charge in [-0.15, -0.1) is 0 Å². The van der Waals surface area contributed by atoms with Crippen LogP contribution in [0.1, 0.15) is 30.4 Å². The summed E-state index contributed by atoms with van der Waals surface area (Å²) in [5.74, 6) is -0.455. The lowest BCUT2D eigenvalue weighted by atomic mass is 9.90. The van der Waals surface area contributed by atoms with Crippen molar-refractivity contribution in [2.24, 2.45) is 0 Å². The smallest absolute Gasteiger partial charge is 0.323 e. The Balaban J connectivity index is 2.15. The summed E-state index contributed by atoms with van der Waals surface area (Å²) in [5.41, 5.74) is 1.69. The molecule has 3 nitrogen and oxygen atoms in total. The molecule has 1 aromatic rings. The van der Waals surface area contributed by atoms with E-state index >= 15 is 0 Å². The molecule has 1 heterocycles. The average molecular weight is 219 g/mol. The maximum atomic E-state index is 11.1. The van der Waals surface area contributed by atoms with Crippen molar-refractivity contribution in [1.82, 2.24) is 5.32 Å². The third-order valence-electron chi connectivity index (χ3n) is 3.41. The molecule has 0 bridgehead atoms. The predicted molar refractivity (Wildman–Crippen MR) is 62.6 cm³/mol. The van der Waals surface area contributed by atoms with Crippen molar-refractivity contribution in [3.8, 4) is 0 Å². The first kappa shape index (κ1) is 11.1. The standard InChI is InChI=1S/C13H17NO2/c1-9-3-5-10(6-4-9)11-7-13(2,12(15)16)14-8-11/h3-6,11,14H,7-8H2,1-2H3,(H,15,16)/t11-,13-/m1/s1. The van der Waals surface area contributed by atoms with Crippen LogP contribution in [0.5, 0.6) is 0 Å². The summed E-state index contributed by atoms with van der Waals surface area (Å²) in [7, 11) is 0. The molecule has 1 aliphatic heterocycles. The third kappa shape index (κ3) is 1.95. The molecule has 0 aliphatic carbocycles. The Hall–Kier alpha value is -1.35. The molecule has 3 heteroatoms. The highest BCUT2D eigenvalue weighted by Gasteiger charge is 2.41. The molecule has 1 aromatic carbocycles. The Kier molecular flexibility index (Phi) is 2.72. The minimum atomic E-state index is -0.768. The first-order chi connectivity index (χ1) is 7.51. The molecular weight excluding hydrogens is 202 g/mol. The molecule has 0 aromatic heterocycles. The molecule has 0 spiro atoms. The molecular formula is C13H17NO2. The summed E-state index contributed by atoms with van der Waals surface area (Å²) in [6.07, 6.45) is 0.658. The van der Waals surface area contributed by atoms with Gasteiger partial charge in [0.05, 0.1) is 0 Å². The van der Waals surface area contributed by atoms with E-state index in [0.29, 0.717) is 12.3 Å². The molecule has 0 saturated carbocycles. The van der Waals surface area contributed by atoms with Gasteiger partial charge in [0.15, 0.2) is 0 Å². The lowest BCUT2D eigenvalue weighted by Gasteiger charge is -2.18. The van der Waals surface area contributed by atoms with Gasteiger partial charge in [0, 0.05) is 6.54 Å². The fraction of sp³-hybridized carbons (Fsp3) is 0.462. The predicted octanol–water partition coefficient (Wildman–Crippen LogP) is 1.92. The molecule has 1 fully saturated rings. The first-order valence-corrected chi connectivity index (χ1v) is 5.56. The van der Waals surface area contributed by atoms with E-state index in [1.165, 1.54) is 11.1 Å². The second kappa shape index (κ2) is 3.91. The zero-order valence-corrected chi connectivity index (χ0v) is 9.66. The quantitative estimate of drug-likeness (QED) is 0.799. The van der Waals surface area contributed by atoms with Crippen LogP contribution in [0.15, 0.2) is 24.3 Å². The van der Waals surface area contributed by atoms with Crippen molar-refractivity contribution in [3.05, 3.63) is 35.4 Å². The van der Waals surface area contributed by atoms with E-state index in [1.54, 1.807) is 6.92 Å². The maximum Gasteiger partial charge on any atom is 0.323 e. The molecule has 2 N–H and O–H groups in total. The van der Waals surface area contributed by atoms with Gasteiger partial charge in [-0.3, -0.25) is 4.79 Å². The molecule has 1 saturated heterocycles.